The quantitative estimate of drug-likeness (QED) is 0.606. The van der Waals surface area contributed by atoms with Crippen LogP contribution in [0.3, 0.4) is 0 Å². The van der Waals surface area contributed by atoms with Gasteiger partial charge in [-0.2, -0.15) is 39.5 Å². The maximum Gasteiger partial charge on any atom is 0.418 e. The van der Waals surface area contributed by atoms with Gasteiger partial charge in [-0.3, -0.25) is 4.72 Å². The zero-order valence-electron chi connectivity index (χ0n) is 13.5. The van der Waals surface area contributed by atoms with Crippen molar-refractivity contribution in [2.45, 2.75) is 23.4 Å². The van der Waals surface area contributed by atoms with Crippen molar-refractivity contribution in [1.29, 1.82) is 0 Å². The van der Waals surface area contributed by atoms with E-state index < -0.39 is 61.6 Å². The van der Waals surface area contributed by atoms with Gasteiger partial charge in [-0.05, 0) is 36.4 Å². The summed E-state index contributed by atoms with van der Waals surface area (Å²) in [7, 11) is -5.35. The lowest BCUT2D eigenvalue weighted by Gasteiger charge is -2.17. The van der Waals surface area contributed by atoms with E-state index in [1.54, 1.807) is 0 Å². The molecule has 3 nitrogen and oxygen atoms in total. The third-order valence-corrected chi connectivity index (χ3v) is 4.75. The highest BCUT2D eigenvalue weighted by atomic mass is 32.2. The number of sulfonamides is 1. The molecule has 0 unspecified atom stereocenters. The first-order valence-corrected chi connectivity index (χ1v) is 8.58. The summed E-state index contributed by atoms with van der Waals surface area (Å²) < 4.78 is 155. The molecule has 0 saturated heterocycles. The van der Waals surface area contributed by atoms with Crippen LogP contribution in [0, 0.1) is 5.82 Å². The Hall–Kier alpha value is -2.51. The van der Waals surface area contributed by atoms with E-state index in [1.165, 1.54) is 4.72 Å². The maximum absolute atomic E-state index is 13.1. The molecule has 14 heteroatoms. The lowest BCUT2D eigenvalue weighted by molar-refractivity contribution is -0.143. The van der Waals surface area contributed by atoms with Crippen molar-refractivity contribution in [2.24, 2.45) is 0 Å². The van der Waals surface area contributed by atoms with Crippen molar-refractivity contribution in [3.63, 3.8) is 0 Å². The summed E-state index contributed by atoms with van der Waals surface area (Å²) in [5.74, 6) is -1.40. The van der Waals surface area contributed by atoms with E-state index in [0.29, 0.717) is 12.1 Å². The Morgan fingerprint density at radius 3 is 1.59 bits per heavy atom. The van der Waals surface area contributed by atoms with Crippen molar-refractivity contribution < 1.29 is 52.3 Å². The van der Waals surface area contributed by atoms with Crippen molar-refractivity contribution >= 4 is 15.7 Å². The van der Waals surface area contributed by atoms with Gasteiger partial charge in [0, 0.05) is 0 Å². The molecule has 0 aliphatic carbocycles. The number of alkyl halides is 9. The summed E-state index contributed by atoms with van der Waals surface area (Å²) in [4.78, 5) is -1.59. The number of nitrogens with one attached hydrogen (secondary N) is 1. The third kappa shape index (κ3) is 5.31. The highest BCUT2D eigenvalue weighted by Crippen LogP contribution is 2.39. The molecule has 0 aliphatic heterocycles. The van der Waals surface area contributed by atoms with Crippen LogP contribution in [0.4, 0.5) is 49.6 Å². The van der Waals surface area contributed by atoms with Gasteiger partial charge in [-0.25, -0.2) is 12.8 Å². The summed E-state index contributed by atoms with van der Waals surface area (Å²) in [6.07, 6.45) is -16.0. The molecule has 0 aliphatic rings. The second kappa shape index (κ2) is 7.07. The Bertz CT molecular complexity index is 991. The van der Waals surface area contributed by atoms with Crippen LogP contribution >= 0.6 is 0 Å². The molecule has 2 aromatic carbocycles. The van der Waals surface area contributed by atoms with Crippen molar-refractivity contribution in [1.82, 2.24) is 0 Å². The zero-order valence-corrected chi connectivity index (χ0v) is 14.3. The summed E-state index contributed by atoms with van der Waals surface area (Å²) in [5.41, 5.74) is -7.08. The molecule has 0 atom stereocenters. The van der Waals surface area contributed by atoms with E-state index in [9.17, 15) is 52.3 Å². The molecule has 0 radical (unpaired) electrons. The topological polar surface area (TPSA) is 46.2 Å². The number of benzene rings is 2. The van der Waals surface area contributed by atoms with E-state index in [2.05, 4.69) is 0 Å². The van der Waals surface area contributed by atoms with Gasteiger partial charge in [0.25, 0.3) is 10.0 Å². The molecule has 0 fully saturated rings. The normalized spacial score (nSPS) is 13.4. The van der Waals surface area contributed by atoms with E-state index in [1.807, 2.05) is 0 Å². The predicted molar refractivity (Wildman–Crippen MR) is 78.7 cm³/mol. The first-order valence-electron chi connectivity index (χ1n) is 7.10. The molecule has 2 aromatic rings. The average Bonchev–Trinajstić information content (AvgIpc) is 2.53. The van der Waals surface area contributed by atoms with E-state index in [-0.39, 0.29) is 24.3 Å². The van der Waals surface area contributed by atoms with Crippen molar-refractivity contribution in [3.8, 4) is 0 Å². The van der Waals surface area contributed by atoms with E-state index >= 15 is 0 Å². The second-order valence-corrected chi connectivity index (χ2v) is 7.22. The highest BCUT2D eigenvalue weighted by Gasteiger charge is 2.39. The molecule has 2 rings (SSSR count). The molecule has 0 amide bonds. The Morgan fingerprint density at radius 1 is 0.690 bits per heavy atom. The van der Waals surface area contributed by atoms with Crippen LogP contribution in [-0.4, -0.2) is 8.42 Å². The summed E-state index contributed by atoms with van der Waals surface area (Å²) in [6.45, 7) is 0. The fraction of sp³-hybridized carbons (Fsp3) is 0.200. The van der Waals surface area contributed by atoms with Crippen LogP contribution < -0.4 is 4.72 Å². The molecule has 0 bridgehead atoms. The summed E-state index contributed by atoms with van der Waals surface area (Å²) in [6, 6.07) is -0.0414. The number of hydrogen-bond donors (Lipinski definition) is 1. The predicted octanol–water partition coefficient (Wildman–Crippen LogP) is 5.68. The van der Waals surface area contributed by atoms with Crippen molar-refractivity contribution in [3.05, 3.63) is 58.9 Å². The van der Waals surface area contributed by atoms with Gasteiger partial charge in [-0.15, -0.1) is 0 Å². The molecule has 0 aromatic heterocycles. The number of anilines is 1. The van der Waals surface area contributed by atoms with Gasteiger partial charge < -0.3 is 0 Å². The van der Waals surface area contributed by atoms with Crippen molar-refractivity contribution in [2.75, 3.05) is 4.72 Å². The van der Waals surface area contributed by atoms with Crippen LogP contribution in [0.15, 0.2) is 41.3 Å². The van der Waals surface area contributed by atoms with Crippen LogP contribution in [0.1, 0.15) is 16.7 Å². The fourth-order valence-electron chi connectivity index (χ4n) is 2.13. The zero-order chi connectivity index (χ0) is 22.4. The maximum atomic E-state index is 13.1. The number of rotatable bonds is 3. The SMILES string of the molecule is O=S(=O)(Nc1ccc(F)cc1C(F)(F)F)c1cc(C(F)(F)F)cc(C(F)(F)F)c1. The molecular weight excluding hydrogens is 448 g/mol. The molecule has 29 heavy (non-hydrogen) atoms. The van der Waals surface area contributed by atoms with Gasteiger partial charge in [-0.1, -0.05) is 0 Å². The van der Waals surface area contributed by atoms with Crippen LogP contribution in [0.25, 0.3) is 0 Å². The smallest absolute Gasteiger partial charge is 0.279 e. The van der Waals surface area contributed by atoms with Gasteiger partial charge in [0.05, 0.1) is 27.3 Å². The van der Waals surface area contributed by atoms with Gasteiger partial charge in [0.1, 0.15) is 5.82 Å². The minimum atomic E-state index is -5.38. The summed E-state index contributed by atoms with van der Waals surface area (Å²) >= 11 is 0. The first kappa shape index (κ1) is 22.8. The number of halogens is 10. The average molecular weight is 455 g/mol. The molecular formula is C15H7F10NO2S. The fourth-order valence-corrected chi connectivity index (χ4v) is 3.27. The van der Waals surface area contributed by atoms with Crippen LogP contribution in [0.2, 0.25) is 0 Å². The Kier molecular flexibility index (Phi) is 5.56. The van der Waals surface area contributed by atoms with Crippen LogP contribution in [-0.2, 0) is 28.6 Å². The molecule has 160 valence electrons. The van der Waals surface area contributed by atoms with E-state index in [4.69, 9.17) is 0 Å². The van der Waals surface area contributed by atoms with Gasteiger partial charge in [0.15, 0.2) is 0 Å². The lowest BCUT2D eigenvalue weighted by atomic mass is 10.1. The minimum Gasteiger partial charge on any atom is -0.279 e. The minimum absolute atomic E-state index is 0.0921. The largest absolute Gasteiger partial charge is 0.418 e. The molecule has 1 N–H and O–H groups in total. The highest BCUT2D eigenvalue weighted by molar-refractivity contribution is 7.92. The molecule has 0 heterocycles. The van der Waals surface area contributed by atoms with Gasteiger partial charge >= 0.3 is 18.5 Å². The summed E-state index contributed by atoms with van der Waals surface area (Å²) in [5, 5.41) is 0. The monoisotopic (exact) mass is 455 g/mol. The Balaban J connectivity index is 2.64. The molecule has 0 spiro atoms. The Morgan fingerprint density at radius 2 is 1.17 bits per heavy atom. The lowest BCUT2D eigenvalue weighted by Crippen LogP contribution is -2.19. The first-order chi connectivity index (χ1) is 12.9. The Labute approximate surface area is 156 Å². The second-order valence-electron chi connectivity index (χ2n) is 5.53. The van der Waals surface area contributed by atoms with E-state index in [0.717, 1.165) is 0 Å². The molecule has 0 saturated carbocycles. The van der Waals surface area contributed by atoms with Gasteiger partial charge in [0.2, 0.25) is 0 Å². The number of hydrogen-bond acceptors (Lipinski definition) is 2. The standard InChI is InChI=1S/C15H7F10NO2S/c16-9-1-2-12(11(6-9)15(23,24)25)26-29(27,28)10-4-7(13(17,18)19)3-8(5-10)14(20,21)22/h1-6,26H. The van der Waals surface area contributed by atoms with Crippen LogP contribution in [0.5, 0.6) is 0 Å². The third-order valence-electron chi connectivity index (χ3n) is 3.40.